The lowest BCUT2D eigenvalue weighted by atomic mass is 9.98. The van der Waals surface area contributed by atoms with Crippen LogP contribution >= 0.6 is 0 Å². The molecule has 92 valence electrons. The predicted octanol–water partition coefficient (Wildman–Crippen LogP) is 3.86. The smallest absolute Gasteiger partial charge is 0.126 e. The molecule has 16 heavy (non-hydrogen) atoms. The second-order valence-corrected chi connectivity index (χ2v) is 4.41. The molecule has 1 rings (SSSR count). The minimum Gasteiger partial charge on any atom is -0.390 e. The van der Waals surface area contributed by atoms with Crippen LogP contribution < -0.4 is 0 Å². The molecule has 0 aromatic heterocycles. The van der Waals surface area contributed by atoms with E-state index in [4.69, 9.17) is 0 Å². The molecule has 1 aromatic carbocycles. The first kappa shape index (κ1) is 15.1. The van der Waals surface area contributed by atoms with Gasteiger partial charge in [-0.2, -0.15) is 0 Å². The van der Waals surface area contributed by atoms with E-state index in [0.717, 1.165) is 5.56 Å². The molecule has 0 bridgehead atoms. The first-order valence-electron chi connectivity index (χ1n) is 5.86. The molecule has 1 N–H and O–H groups in total. The van der Waals surface area contributed by atoms with Crippen molar-refractivity contribution >= 4 is 0 Å². The number of aryl methyl sites for hydroxylation is 2. The van der Waals surface area contributed by atoms with Crippen LogP contribution in [0.2, 0.25) is 0 Å². The standard InChI is InChI=1S/C12H17FO.C2H6/c1-9-4-5-10(11(13)8-9)6-7-12(2,3)14;1-2/h4-5,8,14H,6-7H2,1-3H3;1-2H3. The summed E-state index contributed by atoms with van der Waals surface area (Å²) < 4.78 is 13.3. The summed E-state index contributed by atoms with van der Waals surface area (Å²) in [6.07, 6.45) is 1.16. The fourth-order valence-corrected chi connectivity index (χ4v) is 1.30. The van der Waals surface area contributed by atoms with Gasteiger partial charge in [-0.05, 0) is 50.8 Å². The third-order valence-electron chi connectivity index (χ3n) is 2.21. The molecule has 1 nitrogen and oxygen atoms in total. The van der Waals surface area contributed by atoms with Crippen molar-refractivity contribution in [2.24, 2.45) is 0 Å². The van der Waals surface area contributed by atoms with E-state index >= 15 is 0 Å². The quantitative estimate of drug-likeness (QED) is 0.829. The Morgan fingerprint density at radius 1 is 1.25 bits per heavy atom. The van der Waals surface area contributed by atoms with Crippen LogP contribution in [0.25, 0.3) is 0 Å². The molecule has 2 heteroatoms. The predicted molar refractivity (Wildman–Crippen MR) is 67.1 cm³/mol. The molecule has 0 heterocycles. The molecule has 0 fully saturated rings. The van der Waals surface area contributed by atoms with Crippen LogP contribution in [0, 0.1) is 12.7 Å². The highest BCUT2D eigenvalue weighted by Crippen LogP contribution is 2.16. The van der Waals surface area contributed by atoms with Crippen molar-refractivity contribution in [3.63, 3.8) is 0 Å². The normalized spacial score (nSPS) is 10.7. The van der Waals surface area contributed by atoms with E-state index in [9.17, 15) is 9.50 Å². The number of hydrogen-bond donors (Lipinski definition) is 1. The van der Waals surface area contributed by atoms with Crippen molar-refractivity contribution < 1.29 is 9.50 Å². The zero-order chi connectivity index (χ0) is 12.8. The highest BCUT2D eigenvalue weighted by Gasteiger charge is 2.13. The van der Waals surface area contributed by atoms with Crippen LogP contribution in [0.3, 0.4) is 0 Å². The summed E-state index contributed by atoms with van der Waals surface area (Å²) >= 11 is 0. The largest absolute Gasteiger partial charge is 0.390 e. The van der Waals surface area contributed by atoms with Gasteiger partial charge in [-0.25, -0.2) is 4.39 Å². The van der Waals surface area contributed by atoms with Gasteiger partial charge in [-0.3, -0.25) is 0 Å². The maximum Gasteiger partial charge on any atom is 0.126 e. The molecular weight excluding hydrogens is 203 g/mol. The summed E-state index contributed by atoms with van der Waals surface area (Å²) in [7, 11) is 0. The Kier molecular flexibility index (Phi) is 6.27. The van der Waals surface area contributed by atoms with Crippen molar-refractivity contribution in [2.45, 2.75) is 53.1 Å². The monoisotopic (exact) mass is 226 g/mol. The second-order valence-electron chi connectivity index (χ2n) is 4.41. The van der Waals surface area contributed by atoms with Gasteiger partial charge in [-0.15, -0.1) is 0 Å². The maximum absolute atomic E-state index is 13.3. The fourth-order valence-electron chi connectivity index (χ4n) is 1.30. The summed E-state index contributed by atoms with van der Waals surface area (Å²) in [4.78, 5) is 0. The summed E-state index contributed by atoms with van der Waals surface area (Å²) in [5.74, 6) is -0.172. The number of benzene rings is 1. The zero-order valence-electron chi connectivity index (χ0n) is 11.0. The van der Waals surface area contributed by atoms with Gasteiger partial charge in [0.25, 0.3) is 0 Å². The van der Waals surface area contributed by atoms with E-state index in [0.29, 0.717) is 18.4 Å². The number of rotatable bonds is 3. The molecule has 0 aliphatic heterocycles. The van der Waals surface area contributed by atoms with E-state index in [1.807, 2.05) is 26.8 Å². The summed E-state index contributed by atoms with van der Waals surface area (Å²) in [5.41, 5.74) is 0.879. The van der Waals surface area contributed by atoms with Gasteiger partial charge in [0.15, 0.2) is 0 Å². The van der Waals surface area contributed by atoms with Crippen molar-refractivity contribution in [2.75, 3.05) is 0 Å². The van der Waals surface area contributed by atoms with Gasteiger partial charge in [0.05, 0.1) is 5.60 Å². The van der Waals surface area contributed by atoms with E-state index in [-0.39, 0.29) is 5.82 Å². The topological polar surface area (TPSA) is 20.2 Å². The SMILES string of the molecule is CC.Cc1ccc(CCC(C)(C)O)c(F)c1. The molecule has 0 aliphatic rings. The Balaban J connectivity index is 0.00000106. The molecule has 0 spiro atoms. The van der Waals surface area contributed by atoms with Crippen LogP contribution in [0.1, 0.15) is 45.2 Å². The van der Waals surface area contributed by atoms with Crippen molar-refractivity contribution in [3.05, 3.63) is 35.1 Å². The molecule has 0 atom stereocenters. The van der Waals surface area contributed by atoms with Crippen LogP contribution in [0.15, 0.2) is 18.2 Å². The lowest BCUT2D eigenvalue weighted by molar-refractivity contribution is 0.0712. The maximum atomic E-state index is 13.3. The fraction of sp³-hybridized carbons (Fsp3) is 0.571. The number of hydrogen-bond acceptors (Lipinski definition) is 1. The minimum atomic E-state index is -0.725. The summed E-state index contributed by atoms with van der Waals surface area (Å²) in [5, 5.41) is 9.50. The molecule has 0 saturated heterocycles. The van der Waals surface area contributed by atoms with E-state index in [1.54, 1.807) is 19.9 Å². The van der Waals surface area contributed by atoms with E-state index < -0.39 is 5.60 Å². The van der Waals surface area contributed by atoms with Crippen LogP contribution in [-0.2, 0) is 6.42 Å². The van der Waals surface area contributed by atoms with Gasteiger partial charge in [-0.1, -0.05) is 26.0 Å². The third-order valence-corrected chi connectivity index (χ3v) is 2.21. The highest BCUT2D eigenvalue weighted by atomic mass is 19.1. The average Bonchev–Trinajstić information content (AvgIpc) is 2.18. The lowest BCUT2D eigenvalue weighted by Crippen LogP contribution is -2.19. The Hall–Kier alpha value is -0.890. The van der Waals surface area contributed by atoms with Crippen LogP contribution in [0.5, 0.6) is 0 Å². The zero-order valence-corrected chi connectivity index (χ0v) is 11.0. The Morgan fingerprint density at radius 2 is 1.81 bits per heavy atom. The molecular formula is C14H23FO. The molecule has 1 aromatic rings. The summed E-state index contributed by atoms with van der Waals surface area (Å²) in [6.45, 7) is 9.33. The number of aliphatic hydroxyl groups is 1. The van der Waals surface area contributed by atoms with Crippen molar-refractivity contribution in [1.82, 2.24) is 0 Å². The van der Waals surface area contributed by atoms with Crippen LogP contribution in [0.4, 0.5) is 4.39 Å². The third kappa shape index (κ3) is 5.86. The van der Waals surface area contributed by atoms with Gasteiger partial charge < -0.3 is 5.11 Å². The highest BCUT2D eigenvalue weighted by molar-refractivity contribution is 5.23. The molecule has 0 amide bonds. The Bertz CT molecular complexity index is 313. The van der Waals surface area contributed by atoms with Gasteiger partial charge >= 0.3 is 0 Å². The van der Waals surface area contributed by atoms with Crippen molar-refractivity contribution in [3.8, 4) is 0 Å². The molecule has 0 saturated carbocycles. The molecule has 0 unspecified atom stereocenters. The lowest BCUT2D eigenvalue weighted by Gasteiger charge is -2.16. The van der Waals surface area contributed by atoms with Crippen LogP contribution in [-0.4, -0.2) is 10.7 Å². The Morgan fingerprint density at radius 3 is 2.25 bits per heavy atom. The first-order chi connectivity index (χ1) is 7.38. The number of halogens is 1. The van der Waals surface area contributed by atoms with Gasteiger partial charge in [0.1, 0.15) is 5.82 Å². The average molecular weight is 226 g/mol. The van der Waals surface area contributed by atoms with Gasteiger partial charge in [0.2, 0.25) is 0 Å². The summed E-state index contributed by atoms with van der Waals surface area (Å²) in [6, 6.07) is 5.21. The second kappa shape index (κ2) is 6.64. The molecule has 0 aliphatic carbocycles. The van der Waals surface area contributed by atoms with E-state index in [2.05, 4.69) is 0 Å². The van der Waals surface area contributed by atoms with E-state index in [1.165, 1.54) is 6.07 Å². The first-order valence-corrected chi connectivity index (χ1v) is 5.86. The Labute approximate surface area is 98.3 Å². The minimum absolute atomic E-state index is 0.172. The molecule has 0 radical (unpaired) electrons. The van der Waals surface area contributed by atoms with Gasteiger partial charge in [0, 0.05) is 0 Å². The van der Waals surface area contributed by atoms with Crippen molar-refractivity contribution in [1.29, 1.82) is 0 Å².